The summed E-state index contributed by atoms with van der Waals surface area (Å²) < 4.78 is 16.7. The third kappa shape index (κ3) is 3.75. The molecule has 1 aliphatic rings. The molecule has 3 aromatic rings. The molecule has 27 heavy (non-hydrogen) atoms. The lowest BCUT2D eigenvalue weighted by molar-refractivity contribution is 0.0947. The van der Waals surface area contributed by atoms with Crippen molar-refractivity contribution in [1.29, 1.82) is 0 Å². The summed E-state index contributed by atoms with van der Waals surface area (Å²) in [6.07, 6.45) is 0. The Labute approximate surface area is 165 Å². The Bertz CT molecular complexity index is 999. The van der Waals surface area contributed by atoms with E-state index in [1.54, 1.807) is 42.5 Å². The fraction of sp³-hybridized carbons (Fsp3) is 0.150. The lowest BCUT2D eigenvalue weighted by atomic mass is 10.2. The Morgan fingerprint density at radius 3 is 2.67 bits per heavy atom. The number of carbonyl (C=O) groups excluding carboxylic acids is 1. The van der Waals surface area contributed by atoms with Crippen LogP contribution in [0.5, 0.6) is 11.5 Å². The van der Waals surface area contributed by atoms with Crippen LogP contribution in [0.1, 0.15) is 16.1 Å². The topological polar surface area (TPSA) is 60.7 Å². The van der Waals surface area contributed by atoms with Crippen LogP contribution in [0, 0.1) is 0 Å². The van der Waals surface area contributed by atoms with Gasteiger partial charge >= 0.3 is 0 Å². The van der Waals surface area contributed by atoms with Crippen LogP contribution in [0.2, 0.25) is 10.0 Å². The van der Waals surface area contributed by atoms with E-state index in [9.17, 15) is 4.79 Å². The normalized spacial score (nSPS) is 12.7. The van der Waals surface area contributed by atoms with Gasteiger partial charge in [0.2, 0.25) is 0 Å². The Morgan fingerprint density at radius 1 is 1.00 bits per heavy atom. The van der Waals surface area contributed by atoms with Gasteiger partial charge in [-0.1, -0.05) is 29.3 Å². The second kappa shape index (κ2) is 7.55. The maximum absolute atomic E-state index is 12.4. The van der Waals surface area contributed by atoms with Crippen molar-refractivity contribution in [3.05, 3.63) is 69.9 Å². The van der Waals surface area contributed by atoms with Gasteiger partial charge in [0.05, 0.1) is 16.6 Å². The first-order valence-corrected chi connectivity index (χ1v) is 9.08. The molecule has 0 saturated heterocycles. The molecule has 2 heterocycles. The summed E-state index contributed by atoms with van der Waals surface area (Å²) >= 11 is 12.3. The smallest absolute Gasteiger partial charge is 0.251 e. The molecule has 1 aromatic heterocycles. The highest BCUT2D eigenvalue weighted by Crippen LogP contribution is 2.34. The molecule has 0 fully saturated rings. The molecule has 0 spiro atoms. The van der Waals surface area contributed by atoms with Crippen molar-refractivity contribution in [1.82, 2.24) is 5.32 Å². The van der Waals surface area contributed by atoms with Gasteiger partial charge < -0.3 is 19.2 Å². The van der Waals surface area contributed by atoms with E-state index in [2.05, 4.69) is 5.32 Å². The maximum atomic E-state index is 12.4. The number of halogens is 2. The summed E-state index contributed by atoms with van der Waals surface area (Å²) in [6.45, 7) is 1.22. The first-order chi connectivity index (χ1) is 13.1. The summed E-state index contributed by atoms with van der Waals surface area (Å²) in [4.78, 5) is 12.4. The highest BCUT2D eigenvalue weighted by Gasteiger charge is 2.16. The Hall–Kier alpha value is -2.63. The van der Waals surface area contributed by atoms with Gasteiger partial charge in [-0.15, -0.1) is 0 Å². The molecular weight excluding hydrogens is 389 g/mol. The Kier molecular flexibility index (Phi) is 4.97. The largest absolute Gasteiger partial charge is 0.486 e. The van der Waals surface area contributed by atoms with Crippen molar-refractivity contribution in [2.75, 3.05) is 13.2 Å². The summed E-state index contributed by atoms with van der Waals surface area (Å²) in [5.41, 5.74) is 1.19. The van der Waals surface area contributed by atoms with Crippen LogP contribution in [-0.2, 0) is 6.54 Å². The highest BCUT2D eigenvalue weighted by atomic mass is 35.5. The lowest BCUT2D eigenvalue weighted by Gasteiger charge is -2.18. The van der Waals surface area contributed by atoms with Gasteiger partial charge in [-0.2, -0.15) is 0 Å². The number of rotatable bonds is 4. The number of ether oxygens (including phenoxy) is 2. The van der Waals surface area contributed by atoms with Crippen LogP contribution in [-0.4, -0.2) is 19.1 Å². The number of hydrogen-bond donors (Lipinski definition) is 1. The number of nitrogens with one attached hydrogen (secondary N) is 1. The van der Waals surface area contributed by atoms with Crippen LogP contribution in [0.15, 0.2) is 52.9 Å². The van der Waals surface area contributed by atoms with Gasteiger partial charge in [0.25, 0.3) is 5.91 Å². The average Bonchev–Trinajstić information content (AvgIpc) is 3.16. The molecule has 0 saturated carbocycles. The number of fused-ring (bicyclic) bond motifs is 1. The van der Waals surface area contributed by atoms with Gasteiger partial charge in [-0.05, 0) is 42.5 Å². The van der Waals surface area contributed by atoms with Crippen molar-refractivity contribution in [3.63, 3.8) is 0 Å². The summed E-state index contributed by atoms with van der Waals surface area (Å²) in [7, 11) is 0. The van der Waals surface area contributed by atoms with E-state index in [4.69, 9.17) is 37.1 Å². The second-order valence-corrected chi connectivity index (χ2v) is 6.69. The summed E-state index contributed by atoms with van der Waals surface area (Å²) in [6, 6.07) is 14.0. The molecule has 0 unspecified atom stereocenters. The molecule has 0 bridgehead atoms. The van der Waals surface area contributed by atoms with Gasteiger partial charge in [0.15, 0.2) is 11.5 Å². The van der Waals surface area contributed by atoms with Gasteiger partial charge in [0.1, 0.15) is 24.7 Å². The van der Waals surface area contributed by atoms with E-state index in [1.165, 1.54) is 0 Å². The molecule has 2 aromatic carbocycles. The molecule has 4 rings (SSSR count). The van der Waals surface area contributed by atoms with E-state index in [1.807, 2.05) is 6.07 Å². The van der Waals surface area contributed by atoms with Crippen LogP contribution in [0.4, 0.5) is 0 Å². The van der Waals surface area contributed by atoms with Crippen molar-refractivity contribution in [3.8, 4) is 22.8 Å². The molecule has 1 aliphatic heterocycles. The molecule has 1 amide bonds. The van der Waals surface area contributed by atoms with Gasteiger partial charge in [-0.25, -0.2) is 0 Å². The quantitative estimate of drug-likeness (QED) is 0.668. The van der Waals surface area contributed by atoms with Crippen molar-refractivity contribution in [2.24, 2.45) is 0 Å². The van der Waals surface area contributed by atoms with E-state index in [0.717, 1.165) is 0 Å². The Morgan fingerprint density at radius 2 is 1.81 bits per heavy atom. The summed E-state index contributed by atoms with van der Waals surface area (Å²) in [5.74, 6) is 2.18. The van der Waals surface area contributed by atoms with Crippen LogP contribution in [0.3, 0.4) is 0 Å². The molecule has 0 radical (unpaired) electrons. The SMILES string of the molecule is O=C(NCc1ccc(-c2cccc(Cl)c2Cl)o1)c1ccc2c(c1)OCCO2. The molecule has 7 heteroatoms. The van der Waals surface area contributed by atoms with E-state index < -0.39 is 0 Å². The highest BCUT2D eigenvalue weighted by molar-refractivity contribution is 6.43. The standard InChI is InChI=1S/C20H15Cl2NO4/c21-15-3-1-2-14(19(15)22)16-7-5-13(27-16)11-23-20(24)12-4-6-17-18(10-12)26-9-8-25-17/h1-7,10H,8-9,11H2,(H,23,24). The minimum Gasteiger partial charge on any atom is -0.486 e. The van der Waals surface area contributed by atoms with Crippen LogP contribution >= 0.6 is 23.2 Å². The van der Waals surface area contributed by atoms with Crippen molar-refractivity contribution >= 4 is 29.1 Å². The number of furan rings is 1. The van der Waals surface area contributed by atoms with E-state index >= 15 is 0 Å². The number of amides is 1. The fourth-order valence-electron chi connectivity index (χ4n) is 2.77. The predicted molar refractivity (Wildman–Crippen MR) is 103 cm³/mol. The zero-order valence-electron chi connectivity index (χ0n) is 14.1. The first-order valence-electron chi connectivity index (χ1n) is 8.33. The first kappa shape index (κ1) is 17.8. The van der Waals surface area contributed by atoms with Crippen molar-refractivity contribution < 1.29 is 18.7 Å². The van der Waals surface area contributed by atoms with E-state index in [0.29, 0.717) is 57.4 Å². The van der Waals surface area contributed by atoms with Crippen LogP contribution < -0.4 is 14.8 Å². The fourth-order valence-corrected chi connectivity index (χ4v) is 3.16. The average molecular weight is 404 g/mol. The molecular formula is C20H15Cl2NO4. The monoisotopic (exact) mass is 403 g/mol. The summed E-state index contributed by atoms with van der Waals surface area (Å²) in [5, 5.41) is 3.71. The van der Waals surface area contributed by atoms with Gasteiger partial charge in [-0.3, -0.25) is 4.79 Å². The molecule has 5 nitrogen and oxygen atoms in total. The van der Waals surface area contributed by atoms with Crippen molar-refractivity contribution in [2.45, 2.75) is 6.54 Å². The maximum Gasteiger partial charge on any atom is 0.251 e. The number of carbonyl (C=O) groups is 1. The minimum atomic E-state index is -0.231. The Balaban J connectivity index is 1.44. The van der Waals surface area contributed by atoms with Crippen LogP contribution in [0.25, 0.3) is 11.3 Å². The third-order valence-electron chi connectivity index (χ3n) is 4.11. The zero-order valence-corrected chi connectivity index (χ0v) is 15.6. The molecule has 1 N–H and O–H groups in total. The molecule has 0 aliphatic carbocycles. The second-order valence-electron chi connectivity index (χ2n) is 5.91. The number of benzene rings is 2. The minimum absolute atomic E-state index is 0.231. The molecule has 138 valence electrons. The third-order valence-corrected chi connectivity index (χ3v) is 4.93. The lowest BCUT2D eigenvalue weighted by Crippen LogP contribution is -2.23. The zero-order chi connectivity index (χ0) is 18.8. The molecule has 0 atom stereocenters. The predicted octanol–water partition coefficient (Wildman–Crippen LogP) is 4.95. The van der Waals surface area contributed by atoms with E-state index in [-0.39, 0.29) is 12.5 Å². The number of hydrogen-bond acceptors (Lipinski definition) is 4. The van der Waals surface area contributed by atoms with Gasteiger partial charge in [0, 0.05) is 11.1 Å².